The summed E-state index contributed by atoms with van der Waals surface area (Å²) in [5.41, 5.74) is 5.50. The predicted molar refractivity (Wildman–Crippen MR) is 70.0 cm³/mol. The Kier molecular flexibility index (Phi) is 5.38. The molecule has 1 rings (SSSR count). The van der Waals surface area contributed by atoms with Gasteiger partial charge < -0.3 is 20.5 Å². The zero-order valence-electron chi connectivity index (χ0n) is 11.5. The highest BCUT2D eigenvalue weighted by molar-refractivity contribution is 4.85. The van der Waals surface area contributed by atoms with Crippen molar-refractivity contribution in [1.82, 2.24) is 4.90 Å². The van der Waals surface area contributed by atoms with E-state index in [0.717, 1.165) is 38.9 Å². The molecule has 1 saturated heterocycles. The van der Waals surface area contributed by atoms with Crippen LogP contribution >= 0.6 is 0 Å². The van der Waals surface area contributed by atoms with Crippen LogP contribution in [0.4, 0.5) is 0 Å². The first-order valence-corrected chi connectivity index (χ1v) is 6.58. The first-order valence-electron chi connectivity index (χ1n) is 6.58. The van der Waals surface area contributed by atoms with E-state index >= 15 is 0 Å². The van der Waals surface area contributed by atoms with Gasteiger partial charge in [-0.15, -0.1) is 0 Å². The van der Waals surface area contributed by atoms with Crippen LogP contribution in [0.15, 0.2) is 0 Å². The van der Waals surface area contributed by atoms with Crippen molar-refractivity contribution in [3.63, 3.8) is 0 Å². The van der Waals surface area contributed by atoms with E-state index in [2.05, 4.69) is 11.8 Å². The van der Waals surface area contributed by atoms with Crippen LogP contribution in [-0.4, -0.2) is 54.5 Å². The summed E-state index contributed by atoms with van der Waals surface area (Å²) < 4.78 is 5.57. The molecule has 0 aromatic rings. The van der Waals surface area contributed by atoms with Gasteiger partial charge in [-0.2, -0.15) is 0 Å². The van der Waals surface area contributed by atoms with Gasteiger partial charge in [-0.1, -0.05) is 0 Å². The largest absolute Gasteiger partial charge is 0.394 e. The fraction of sp³-hybridized carbons (Fsp3) is 1.00. The number of ether oxygens (including phenoxy) is 1. The highest BCUT2D eigenvalue weighted by Gasteiger charge is 2.30. The van der Waals surface area contributed by atoms with Gasteiger partial charge in [-0.25, -0.2) is 0 Å². The third kappa shape index (κ3) is 4.92. The highest BCUT2D eigenvalue weighted by Crippen LogP contribution is 2.24. The molecule has 2 unspecified atom stereocenters. The van der Waals surface area contributed by atoms with E-state index in [1.165, 1.54) is 6.42 Å². The Balaban J connectivity index is 2.28. The summed E-state index contributed by atoms with van der Waals surface area (Å²) in [5.74, 6) is 0. The molecule has 3 N–H and O–H groups in total. The van der Waals surface area contributed by atoms with Crippen LogP contribution in [0.3, 0.4) is 0 Å². The fourth-order valence-electron chi connectivity index (χ4n) is 2.45. The maximum Gasteiger partial charge on any atom is 0.0777 e. The molecule has 0 saturated carbocycles. The number of aliphatic hydroxyl groups is 1. The fourth-order valence-corrected chi connectivity index (χ4v) is 2.45. The van der Waals surface area contributed by atoms with Crippen molar-refractivity contribution in [3.8, 4) is 0 Å². The van der Waals surface area contributed by atoms with E-state index < -0.39 is 5.54 Å². The smallest absolute Gasteiger partial charge is 0.0777 e. The van der Waals surface area contributed by atoms with Gasteiger partial charge in [0.15, 0.2) is 0 Å². The number of aliphatic hydroxyl groups excluding tert-OH is 1. The van der Waals surface area contributed by atoms with E-state index in [1.54, 1.807) is 7.11 Å². The van der Waals surface area contributed by atoms with Crippen molar-refractivity contribution in [3.05, 3.63) is 0 Å². The van der Waals surface area contributed by atoms with Crippen molar-refractivity contribution in [2.45, 2.75) is 50.7 Å². The molecule has 1 heterocycles. The second-order valence-corrected chi connectivity index (χ2v) is 5.95. The van der Waals surface area contributed by atoms with Crippen molar-refractivity contribution < 1.29 is 9.84 Å². The minimum Gasteiger partial charge on any atom is -0.394 e. The van der Waals surface area contributed by atoms with Crippen molar-refractivity contribution in [1.29, 1.82) is 0 Å². The molecule has 4 heteroatoms. The Hall–Kier alpha value is -0.160. The molecule has 0 spiro atoms. The molecule has 0 bridgehead atoms. The molecule has 0 aromatic heterocycles. The SMILES string of the molecule is COC1(C)CCCN(CCCC(C)(N)CO)C1. The molecule has 102 valence electrons. The zero-order chi connectivity index (χ0) is 12.9. The van der Waals surface area contributed by atoms with E-state index in [9.17, 15) is 0 Å². The second kappa shape index (κ2) is 6.14. The molecule has 1 fully saturated rings. The lowest BCUT2D eigenvalue weighted by Gasteiger charge is -2.39. The van der Waals surface area contributed by atoms with E-state index in [1.807, 2.05) is 6.92 Å². The lowest BCUT2D eigenvalue weighted by atomic mass is 9.93. The van der Waals surface area contributed by atoms with Gasteiger partial charge in [0.05, 0.1) is 12.2 Å². The van der Waals surface area contributed by atoms with Gasteiger partial charge in [0, 0.05) is 19.2 Å². The lowest BCUT2D eigenvalue weighted by Crippen LogP contribution is -2.48. The third-order valence-corrected chi connectivity index (χ3v) is 3.81. The summed E-state index contributed by atoms with van der Waals surface area (Å²) >= 11 is 0. The van der Waals surface area contributed by atoms with Crippen LogP contribution in [0, 0.1) is 0 Å². The average molecular weight is 244 g/mol. The molecular formula is C13H28N2O2. The minimum absolute atomic E-state index is 0.0151. The Morgan fingerprint density at radius 3 is 2.82 bits per heavy atom. The summed E-state index contributed by atoms with van der Waals surface area (Å²) in [6.07, 6.45) is 4.24. The number of rotatable bonds is 6. The molecule has 0 radical (unpaired) electrons. The molecule has 1 aliphatic heterocycles. The molecule has 4 nitrogen and oxygen atoms in total. The summed E-state index contributed by atoms with van der Waals surface area (Å²) in [6.45, 7) is 7.35. The van der Waals surface area contributed by atoms with Crippen LogP contribution in [0.1, 0.15) is 39.5 Å². The van der Waals surface area contributed by atoms with Crippen LogP contribution in [-0.2, 0) is 4.74 Å². The van der Waals surface area contributed by atoms with Crippen LogP contribution < -0.4 is 5.73 Å². The number of hydrogen-bond donors (Lipinski definition) is 2. The number of nitrogens with two attached hydrogens (primary N) is 1. The Bertz CT molecular complexity index is 233. The quantitative estimate of drug-likeness (QED) is 0.731. The first kappa shape index (κ1) is 14.9. The summed E-state index contributed by atoms with van der Waals surface area (Å²) in [5, 5.41) is 9.09. The lowest BCUT2D eigenvalue weighted by molar-refractivity contribution is -0.0511. The Labute approximate surface area is 105 Å². The van der Waals surface area contributed by atoms with Gasteiger partial charge in [0.25, 0.3) is 0 Å². The van der Waals surface area contributed by atoms with Gasteiger partial charge in [0.2, 0.25) is 0 Å². The monoisotopic (exact) mass is 244 g/mol. The minimum atomic E-state index is -0.430. The van der Waals surface area contributed by atoms with Crippen LogP contribution in [0.5, 0.6) is 0 Å². The zero-order valence-corrected chi connectivity index (χ0v) is 11.5. The first-order chi connectivity index (χ1) is 7.91. The molecular weight excluding hydrogens is 216 g/mol. The second-order valence-electron chi connectivity index (χ2n) is 5.95. The van der Waals surface area contributed by atoms with E-state index in [-0.39, 0.29) is 12.2 Å². The van der Waals surface area contributed by atoms with Crippen LogP contribution in [0.25, 0.3) is 0 Å². The molecule has 0 amide bonds. The maximum atomic E-state index is 9.09. The van der Waals surface area contributed by atoms with Gasteiger partial charge in [-0.3, -0.25) is 0 Å². The standard InChI is InChI=1S/C13H28N2O2/c1-12(14,11-16)6-4-8-15-9-5-7-13(2,10-15)17-3/h16H,4-11,14H2,1-3H3. The van der Waals surface area contributed by atoms with E-state index in [0.29, 0.717) is 0 Å². The molecule has 0 aromatic carbocycles. The molecule has 2 atom stereocenters. The molecule has 17 heavy (non-hydrogen) atoms. The third-order valence-electron chi connectivity index (χ3n) is 3.81. The Morgan fingerprint density at radius 1 is 1.53 bits per heavy atom. The van der Waals surface area contributed by atoms with Crippen molar-refractivity contribution >= 4 is 0 Å². The number of likely N-dealkylation sites (tertiary alicyclic amines) is 1. The topological polar surface area (TPSA) is 58.7 Å². The van der Waals surface area contributed by atoms with Gasteiger partial charge >= 0.3 is 0 Å². The summed E-state index contributed by atoms with van der Waals surface area (Å²) in [4.78, 5) is 2.44. The summed E-state index contributed by atoms with van der Waals surface area (Å²) in [7, 11) is 1.80. The number of methoxy groups -OCH3 is 1. The normalized spacial score (nSPS) is 30.2. The van der Waals surface area contributed by atoms with Crippen molar-refractivity contribution in [2.75, 3.05) is 33.4 Å². The summed E-state index contributed by atoms with van der Waals surface area (Å²) in [6, 6.07) is 0. The van der Waals surface area contributed by atoms with Gasteiger partial charge in [-0.05, 0) is 52.6 Å². The average Bonchev–Trinajstić information content (AvgIpc) is 2.29. The molecule has 0 aliphatic carbocycles. The van der Waals surface area contributed by atoms with Crippen LogP contribution in [0.2, 0.25) is 0 Å². The number of nitrogens with zero attached hydrogens (tertiary/aromatic N) is 1. The predicted octanol–water partition coefficient (Wildman–Crippen LogP) is 0.977. The number of piperidine rings is 1. The Morgan fingerprint density at radius 2 is 2.24 bits per heavy atom. The number of hydrogen-bond acceptors (Lipinski definition) is 4. The molecule has 1 aliphatic rings. The maximum absolute atomic E-state index is 9.09. The highest BCUT2D eigenvalue weighted by atomic mass is 16.5. The van der Waals surface area contributed by atoms with Crippen molar-refractivity contribution in [2.24, 2.45) is 5.73 Å². The van der Waals surface area contributed by atoms with E-state index in [4.69, 9.17) is 15.6 Å². The van der Waals surface area contributed by atoms with Gasteiger partial charge in [0.1, 0.15) is 0 Å².